The second-order valence-electron chi connectivity index (χ2n) is 6.27. The van der Waals surface area contributed by atoms with Crippen LogP contribution in [-0.4, -0.2) is 0 Å². The normalized spacial score (nSPS) is 21.9. The Morgan fingerprint density at radius 3 is 2.27 bits per heavy atom. The van der Waals surface area contributed by atoms with Crippen LogP contribution in [-0.2, 0) is 6.42 Å². The van der Waals surface area contributed by atoms with E-state index in [0.717, 1.165) is 18.3 Å². The molecule has 0 amide bonds. The fraction of sp³-hybridized carbons (Fsp3) is 0.455. The van der Waals surface area contributed by atoms with E-state index in [1.807, 2.05) is 12.2 Å². The van der Waals surface area contributed by atoms with E-state index in [2.05, 4.69) is 62.1 Å². The van der Waals surface area contributed by atoms with Gasteiger partial charge in [0.25, 0.3) is 0 Å². The van der Waals surface area contributed by atoms with Crippen LogP contribution in [0.5, 0.6) is 0 Å². The lowest BCUT2D eigenvalue weighted by Gasteiger charge is -2.25. The van der Waals surface area contributed by atoms with Crippen LogP contribution in [0.4, 0.5) is 0 Å². The number of aryl methyl sites for hydroxylation is 1. The Bertz CT molecular complexity index is 540. The van der Waals surface area contributed by atoms with Crippen LogP contribution in [0.3, 0.4) is 0 Å². The number of hydrogen-bond acceptors (Lipinski definition) is 0. The highest BCUT2D eigenvalue weighted by Gasteiger charge is 2.17. The molecule has 0 heterocycles. The summed E-state index contributed by atoms with van der Waals surface area (Å²) in [6, 6.07) is 8.66. The molecule has 1 saturated carbocycles. The topological polar surface area (TPSA) is 0 Å². The molecule has 2 rings (SSSR count). The van der Waals surface area contributed by atoms with Gasteiger partial charge in [-0.05, 0) is 73.3 Å². The summed E-state index contributed by atoms with van der Waals surface area (Å²) in [7, 11) is 0. The molecule has 1 fully saturated rings. The van der Waals surface area contributed by atoms with Crippen molar-refractivity contribution in [2.75, 3.05) is 0 Å². The Morgan fingerprint density at radius 2 is 1.64 bits per heavy atom. The maximum atomic E-state index is 3.13. The molecule has 0 heteroatoms. The van der Waals surface area contributed by atoms with Crippen molar-refractivity contribution in [3.8, 4) is 11.8 Å². The van der Waals surface area contributed by atoms with Crippen LogP contribution < -0.4 is 0 Å². The van der Waals surface area contributed by atoms with Gasteiger partial charge < -0.3 is 0 Å². The zero-order valence-electron chi connectivity index (χ0n) is 14.0. The Labute approximate surface area is 136 Å². The average molecular weight is 292 g/mol. The molecule has 1 aromatic carbocycles. The van der Waals surface area contributed by atoms with Crippen LogP contribution in [0.1, 0.15) is 57.1 Å². The van der Waals surface area contributed by atoms with Gasteiger partial charge in [0.1, 0.15) is 0 Å². The van der Waals surface area contributed by atoms with Crippen LogP contribution >= 0.6 is 0 Å². The number of allylic oxidation sites excluding steroid dienone is 3. The Hall–Kier alpha value is -1.74. The van der Waals surface area contributed by atoms with Gasteiger partial charge in [-0.1, -0.05) is 62.5 Å². The molecule has 0 saturated heterocycles. The smallest absolute Gasteiger partial charge is 0.0109 e. The summed E-state index contributed by atoms with van der Waals surface area (Å²) in [6.07, 6.45) is 16.3. The van der Waals surface area contributed by atoms with E-state index in [9.17, 15) is 0 Å². The summed E-state index contributed by atoms with van der Waals surface area (Å²) in [6.45, 7) is 4.49. The highest BCUT2D eigenvalue weighted by atomic mass is 14.2. The van der Waals surface area contributed by atoms with E-state index < -0.39 is 0 Å². The molecule has 0 nitrogen and oxygen atoms in total. The lowest BCUT2D eigenvalue weighted by atomic mass is 9.81. The first kappa shape index (κ1) is 16.6. The minimum Gasteiger partial charge on any atom is -0.0730 e. The lowest BCUT2D eigenvalue weighted by Crippen LogP contribution is -2.11. The van der Waals surface area contributed by atoms with Gasteiger partial charge in [0, 0.05) is 0 Å². The molecule has 0 aromatic heterocycles. The first-order valence-electron chi connectivity index (χ1n) is 8.75. The summed E-state index contributed by atoms with van der Waals surface area (Å²) >= 11 is 0. The zero-order valence-corrected chi connectivity index (χ0v) is 14.0. The average Bonchev–Trinajstić information content (AvgIpc) is 2.59. The predicted octanol–water partition coefficient (Wildman–Crippen LogP) is 6.04. The van der Waals surface area contributed by atoms with Crippen molar-refractivity contribution in [3.63, 3.8) is 0 Å². The van der Waals surface area contributed by atoms with Crippen molar-refractivity contribution >= 4 is 6.08 Å². The summed E-state index contributed by atoms with van der Waals surface area (Å²) in [5.41, 5.74) is 2.59. The second kappa shape index (κ2) is 9.31. The monoisotopic (exact) mass is 292 g/mol. The third-order valence-electron chi connectivity index (χ3n) is 4.75. The molecule has 116 valence electrons. The first-order valence-corrected chi connectivity index (χ1v) is 8.75. The summed E-state index contributed by atoms with van der Waals surface area (Å²) in [5, 5.41) is 0. The first-order chi connectivity index (χ1) is 10.8. The summed E-state index contributed by atoms with van der Waals surface area (Å²) in [4.78, 5) is 0. The van der Waals surface area contributed by atoms with Gasteiger partial charge >= 0.3 is 0 Å². The largest absolute Gasteiger partial charge is 0.0730 e. The molecular weight excluding hydrogens is 264 g/mol. The van der Waals surface area contributed by atoms with Crippen molar-refractivity contribution in [1.82, 2.24) is 0 Å². The number of benzene rings is 1. The number of rotatable bonds is 4. The van der Waals surface area contributed by atoms with E-state index >= 15 is 0 Å². The Morgan fingerprint density at radius 1 is 0.955 bits per heavy atom. The van der Waals surface area contributed by atoms with E-state index in [1.165, 1.54) is 43.2 Å². The third kappa shape index (κ3) is 5.57. The van der Waals surface area contributed by atoms with Crippen LogP contribution in [0, 0.1) is 23.7 Å². The summed E-state index contributed by atoms with van der Waals surface area (Å²) in [5.74, 6) is 7.96. The fourth-order valence-electron chi connectivity index (χ4n) is 3.07. The zero-order chi connectivity index (χ0) is 15.6. The van der Waals surface area contributed by atoms with Crippen molar-refractivity contribution in [3.05, 3.63) is 53.6 Å². The highest BCUT2D eigenvalue weighted by molar-refractivity contribution is 5.53. The molecule has 0 aliphatic heterocycles. The molecule has 0 bridgehead atoms. The van der Waals surface area contributed by atoms with Crippen molar-refractivity contribution in [1.29, 1.82) is 0 Å². The van der Waals surface area contributed by atoms with Crippen molar-refractivity contribution in [2.45, 2.75) is 52.4 Å². The fourth-order valence-corrected chi connectivity index (χ4v) is 3.07. The van der Waals surface area contributed by atoms with Gasteiger partial charge in [0.05, 0.1) is 0 Å². The van der Waals surface area contributed by atoms with Crippen LogP contribution in [0.15, 0.2) is 42.5 Å². The van der Waals surface area contributed by atoms with Crippen molar-refractivity contribution in [2.24, 2.45) is 11.8 Å². The molecule has 0 unspecified atom stereocenters. The van der Waals surface area contributed by atoms with E-state index in [-0.39, 0.29) is 0 Å². The Balaban J connectivity index is 1.76. The van der Waals surface area contributed by atoms with Gasteiger partial charge in [0.15, 0.2) is 0 Å². The minimum absolute atomic E-state index is 0.752. The standard InChI is InChI=1S/C22H28/c1-3-19-11-15-21(16-12-19)9-7-5-6-8-10-22-17-13-20(4-2)14-18-22/h7-12,15-16,20,22H,3-4,13-14,17-18H2,1-2H3. The van der Waals surface area contributed by atoms with E-state index in [4.69, 9.17) is 0 Å². The molecule has 0 spiro atoms. The molecule has 1 aromatic rings. The minimum atomic E-state index is 0.752. The van der Waals surface area contributed by atoms with Crippen LogP contribution in [0.25, 0.3) is 6.08 Å². The van der Waals surface area contributed by atoms with Gasteiger partial charge in [0.2, 0.25) is 0 Å². The van der Waals surface area contributed by atoms with Gasteiger partial charge in [-0.25, -0.2) is 0 Å². The number of hydrogen-bond donors (Lipinski definition) is 0. The van der Waals surface area contributed by atoms with Gasteiger partial charge in [-0.15, -0.1) is 0 Å². The summed E-state index contributed by atoms with van der Waals surface area (Å²) < 4.78 is 0. The van der Waals surface area contributed by atoms with E-state index in [1.54, 1.807) is 0 Å². The SMILES string of the molecule is CCc1ccc(C=CC#CC=CC2CCC(CC)CC2)cc1. The highest BCUT2D eigenvalue weighted by Crippen LogP contribution is 2.31. The lowest BCUT2D eigenvalue weighted by molar-refractivity contribution is 0.304. The molecule has 1 aliphatic carbocycles. The molecule has 0 radical (unpaired) electrons. The quantitative estimate of drug-likeness (QED) is 0.594. The second-order valence-corrected chi connectivity index (χ2v) is 6.27. The van der Waals surface area contributed by atoms with Gasteiger partial charge in [-0.2, -0.15) is 0 Å². The maximum absolute atomic E-state index is 3.13. The predicted molar refractivity (Wildman–Crippen MR) is 97.5 cm³/mol. The Kier molecular flexibility index (Phi) is 7.04. The molecule has 0 N–H and O–H groups in total. The third-order valence-corrected chi connectivity index (χ3v) is 4.75. The van der Waals surface area contributed by atoms with Gasteiger partial charge in [-0.3, -0.25) is 0 Å². The van der Waals surface area contributed by atoms with Crippen LogP contribution in [0.2, 0.25) is 0 Å². The molecular formula is C22H28. The molecule has 1 aliphatic rings. The molecule has 22 heavy (non-hydrogen) atoms. The maximum Gasteiger partial charge on any atom is -0.0109 e. The van der Waals surface area contributed by atoms with E-state index in [0.29, 0.717) is 0 Å². The molecule has 0 atom stereocenters. The van der Waals surface area contributed by atoms with Crippen molar-refractivity contribution < 1.29 is 0 Å².